The Bertz CT molecular complexity index is 947. The summed E-state index contributed by atoms with van der Waals surface area (Å²) in [5.74, 6) is 0.0746. The first-order valence-electron chi connectivity index (χ1n) is 11.2. The third kappa shape index (κ3) is 5.01. The summed E-state index contributed by atoms with van der Waals surface area (Å²) in [5, 5.41) is 10.5. The lowest BCUT2D eigenvalue weighted by atomic mass is 9.89. The van der Waals surface area contributed by atoms with Crippen LogP contribution in [0.25, 0.3) is 10.9 Å². The molecule has 10 heteroatoms. The molecular formula is C22H30F3N5O2. The molecule has 176 valence electrons. The quantitative estimate of drug-likeness (QED) is 0.674. The molecule has 2 heterocycles. The van der Waals surface area contributed by atoms with Crippen molar-refractivity contribution in [2.24, 2.45) is 7.05 Å². The van der Waals surface area contributed by atoms with E-state index in [0.717, 1.165) is 57.5 Å². The van der Waals surface area contributed by atoms with Crippen molar-refractivity contribution in [3.8, 4) is 0 Å². The average Bonchev–Trinajstić information content (AvgIpc) is 3.04. The van der Waals surface area contributed by atoms with Crippen molar-refractivity contribution in [3.63, 3.8) is 0 Å². The van der Waals surface area contributed by atoms with Crippen molar-refractivity contribution in [2.45, 2.75) is 57.0 Å². The van der Waals surface area contributed by atoms with Gasteiger partial charge in [0.2, 0.25) is 5.91 Å². The van der Waals surface area contributed by atoms with Crippen LogP contribution < -0.4 is 10.6 Å². The number of aryl methyl sites for hydroxylation is 1. The fourth-order valence-electron chi connectivity index (χ4n) is 4.73. The molecule has 1 aromatic heterocycles. The Hall–Kier alpha value is -2.33. The van der Waals surface area contributed by atoms with Crippen LogP contribution in [0, 0.1) is 0 Å². The molecular weight excluding hydrogens is 423 g/mol. The van der Waals surface area contributed by atoms with Crippen molar-refractivity contribution in [1.29, 1.82) is 0 Å². The maximum atomic E-state index is 13.1. The first kappa shape index (κ1) is 22.8. The van der Waals surface area contributed by atoms with E-state index >= 15 is 0 Å². The lowest BCUT2D eigenvalue weighted by Crippen LogP contribution is -2.63. The van der Waals surface area contributed by atoms with Crippen LogP contribution >= 0.6 is 0 Å². The summed E-state index contributed by atoms with van der Waals surface area (Å²) >= 11 is 0. The molecule has 1 amide bonds. The predicted octanol–water partition coefficient (Wildman–Crippen LogP) is 3.15. The Morgan fingerprint density at radius 1 is 1.22 bits per heavy atom. The Labute approximate surface area is 185 Å². The fourth-order valence-corrected chi connectivity index (χ4v) is 4.73. The van der Waals surface area contributed by atoms with Gasteiger partial charge < -0.3 is 15.4 Å². The lowest BCUT2D eigenvalue weighted by Gasteiger charge is -2.46. The maximum absolute atomic E-state index is 13.1. The van der Waals surface area contributed by atoms with Gasteiger partial charge in [0.15, 0.2) is 5.82 Å². The highest BCUT2D eigenvalue weighted by Gasteiger charge is 2.35. The minimum atomic E-state index is -4.43. The van der Waals surface area contributed by atoms with Gasteiger partial charge in [-0.2, -0.15) is 18.3 Å². The largest absolute Gasteiger partial charge is 0.416 e. The zero-order chi connectivity index (χ0) is 22.9. The van der Waals surface area contributed by atoms with Gasteiger partial charge in [0.1, 0.15) is 0 Å². The molecule has 2 aliphatic rings. The van der Waals surface area contributed by atoms with Crippen LogP contribution in [-0.4, -0.2) is 65.0 Å². The first-order chi connectivity index (χ1) is 15.2. The van der Waals surface area contributed by atoms with Gasteiger partial charge in [-0.05, 0) is 50.8 Å². The standard InChI is InChI=1S/C22H30F3N5O2/c1-3-32-17-7-5-16(6-8-17)30-12-15(13-30)27-20(31)11-26-21-18-10-14(22(23,24)25)4-9-19(18)29(2)28-21/h4,9-10,15-17H,3,5-8,11-13H2,1-2H3,(H,26,28)(H,27,31). The molecule has 1 aliphatic heterocycles. The second kappa shape index (κ2) is 9.27. The summed E-state index contributed by atoms with van der Waals surface area (Å²) < 4.78 is 46.4. The smallest absolute Gasteiger partial charge is 0.379 e. The summed E-state index contributed by atoms with van der Waals surface area (Å²) in [6.45, 7) is 4.41. The summed E-state index contributed by atoms with van der Waals surface area (Å²) in [5.41, 5.74) is -0.176. The lowest BCUT2D eigenvalue weighted by molar-refractivity contribution is -0.137. The zero-order valence-electron chi connectivity index (χ0n) is 18.4. The van der Waals surface area contributed by atoms with Crippen molar-refractivity contribution >= 4 is 22.6 Å². The van der Waals surface area contributed by atoms with E-state index in [9.17, 15) is 18.0 Å². The van der Waals surface area contributed by atoms with E-state index in [4.69, 9.17) is 4.74 Å². The van der Waals surface area contributed by atoms with E-state index in [0.29, 0.717) is 23.0 Å². The molecule has 2 N–H and O–H groups in total. The summed E-state index contributed by atoms with van der Waals surface area (Å²) in [7, 11) is 1.66. The molecule has 0 radical (unpaired) electrons. The first-order valence-corrected chi connectivity index (χ1v) is 11.2. The van der Waals surface area contributed by atoms with Crippen molar-refractivity contribution in [3.05, 3.63) is 23.8 Å². The number of halogens is 3. The Morgan fingerprint density at radius 2 is 1.94 bits per heavy atom. The normalized spacial score (nSPS) is 22.7. The minimum Gasteiger partial charge on any atom is -0.379 e. The number of nitrogens with one attached hydrogen (secondary N) is 2. The highest BCUT2D eigenvalue weighted by Crippen LogP contribution is 2.33. The average molecular weight is 454 g/mol. The van der Waals surface area contributed by atoms with Gasteiger partial charge in [-0.1, -0.05) is 0 Å². The third-order valence-electron chi connectivity index (χ3n) is 6.43. The van der Waals surface area contributed by atoms with Crippen molar-refractivity contribution in [1.82, 2.24) is 20.0 Å². The Balaban J connectivity index is 1.25. The topological polar surface area (TPSA) is 71.4 Å². The van der Waals surface area contributed by atoms with Crippen LogP contribution in [0.2, 0.25) is 0 Å². The molecule has 2 aromatic rings. The number of likely N-dealkylation sites (tertiary alicyclic amines) is 1. The highest BCUT2D eigenvalue weighted by molar-refractivity contribution is 5.92. The molecule has 32 heavy (non-hydrogen) atoms. The summed E-state index contributed by atoms with van der Waals surface area (Å²) in [4.78, 5) is 14.8. The van der Waals surface area contributed by atoms with E-state index in [-0.39, 0.29) is 24.3 Å². The molecule has 1 aliphatic carbocycles. The number of fused-ring (bicyclic) bond motifs is 1. The van der Waals surface area contributed by atoms with Gasteiger partial charge in [0.05, 0.1) is 29.8 Å². The number of hydrogen-bond acceptors (Lipinski definition) is 5. The van der Waals surface area contributed by atoms with Crippen LogP contribution in [-0.2, 0) is 22.8 Å². The molecule has 2 fully saturated rings. The van der Waals surface area contributed by atoms with Gasteiger partial charge in [0, 0.05) is 38.2 Å². The second-order valence-electron chi connectivity index (χ2n) is 8.66. The highest BCUT2D eigenvalue weighted by atomic mass is 19.4. The molecule has 0 atom stereocenters. The van der Waals surface area contributed by atoms with Crippen LogP contribution in [0.5, 0.6) is 0 Å². The zero-order valence-corrected chi connectivity index (χ0v) is 18.4. The van der Waals surface area contributed by atoms with Gasteiger partial charge in [0.25, 0.3) is 0 Å². The van der Waals surface area contributed by atoms with Gasteiger partial charge >= 0.3 is 6.18 Å². The second-order valence-corrected chi connectivity index (χ2v) is 8.66. The number of hydrogen-bond donors (Lipinski definition) is 2. The van der Waals surface area contributed by atoms with Gasteiger partial charge in [-0.3, -0.25) is 14.4 Å². The number of amides is 1. The molecule has 0 bridgehead atoms. The molecule has 4 rings (SSSR count). The number of carbonyl (C=O) groups is 1. The molecule has 0 spiro atoms. The molecule has 1 aromatic carbocycles. The van der Waals surface area contributed by atoms with Crippen molar-refractivity contribution < 1.29 is 22.7 Å². The molecule has 1 saturated carbocycles. The number of nitrogens with zero attached hydrogens (tertiary/aromatic N) is 3. The molecule has 7 nitrogen and oxygen atoms in total. The SMILES string of the molecule is CCOC1CCC(N2CC(NC(=O)CNc3nn(C)c4ccc(C(F)(F)F)cc34)C2)CC1. The minimum absolute atomic E-state index is 0.0433. The van der Waals surface area contributed by atoms with E-state index in [1.54, 1.807) is 7.05 Å². The number of anilines is 1. The Morgan fingerprint density at radius 3 is 2.59 bits per heavy atom. The van der Waals surface area contributed by atoms with E-state index in [1.807, 2.05) is 6.92 Å². The van der Waals surface area contributed by atoms with Crippen LogP contribution in [0.1, 0.15) is 38.2 Å². The number of alkyl halides is 3. The number of benzene rings is 1. The monoisotopic (exact) mass is 453 g/mol. The van der Waals surface area contributed by atoms with Crippen LogP contribution in [0.4, 0.5) is 19.0 Å². The number of aromatic nitrogens is 2. The van der Waals surface area contributed by atoms with Crippen molar-refractivity contribution in [2.75, 3.05) is 31.6 Å². The molecule has 0 unspecified atom stereocenters. The predicted molar refractivity (Wildman–Crippen MR) is 115 cm³/mol. The number of carbonyl (C=O) groups excluding carboxylic acids is 1. The van der Waals surface area contributed by atoms with E-state index in [2.05, 4.69) is 20.6 Å². The summed E-state index contributed by atoms with van der Waals surface area (Å²) in [6.07, 6.45) is 0.374. The maximum Gasteiger partial charge on any atom is 0.416 e. The molecule has 1 saturated heterocycles. The Kier molecular flexibility index (Phi) is 6.62. The third-order valence-corrected chi connectivity index (χ3v) is 6.43. The van der Waals surface area contributed by atoms with Gasteiger partial charge in [-0.25, -0.2) is 0 Å². The number of ether oxygens (including phenoxy) is 1. The fraction of sp³-hybridized carbons (Fsp3) is 0.636. The van der Waals surface area contributed by atoms with E-state index in [1.165, 1.54) is 10.7 Å². The van der Waals surface area contributed by atoms with Crippen LogP contribution in [0.3, 0.4) is 0 Å². The van der Waals surface area contributed by atoms with Gasteiger partial charge in [-0.15, -0.1) is 0 Å². The number of rotatable bonds is 7. The van der Waals surface area contributed by atoms with E-state index < -0.39 is 11.7 Å². The van der Waals surface area contributed by atoms with Crippen LogP contribution in [0.15, 0.2) is 18.2 Å². The summed E-state index contributed by atoms with van der Waals surface area (Å²) in [6, 6.07) is 4.15.